The van der Waals surface area contributed by atoms with E-state index in [0.717, 1.165) is 17.0 Å². The molecule has 0 atom stereocenters. The lowest BCUT2D eigenvalue weighted by Crippen LogP contribution is -2.30. The third kappa shape index (κ3) is 1.72. The molecule has 5 heteroatoms. The number of hydrogen-bond acceptors (Lipinski definition) is 2. The molecule has 1 heterocycles. The molecule has 3 nitrogen and oxygen atoms in total. The minimum absolute atomic E-state index is 0.139. The first-order valence-electron chi connectivity index (χ1n) is 4.52. The summed E-state index contributed by atoms with van der Waals surface area (Å²) in [6.45, 7) is 1.53. The Morgan fingerprint density at radius 1 is 1.25 bits per heavy atom. The van der Waals surface area contributed by atoms with Crippen LogP contribution in [0.3, 0.4) is 0 Å². The summed E-state index contributed by atoms with van der Waals surface area (Å²) in [5.74, 6) is -1.52. The standard InChI is InChI=1S/C11H7ClFNO2/c1-6-2-10(15)14(11(6)16)9-4-7(12)3-8(13)5-9/h2-5H,1H3. The topological polar surface area (TPSA) is 37.4 Å². The Hall–Kier alpha value is -1.68. The number of carbonyl (C=O) groups is 2. The average molecular weight is 240 g/mol. The highest BCUT2D eigenvalue weighted by Crippen LogP contribution is 2.26. The van der Waals surface area contributed by atoms with E-state index in [1.165, 1.54) is 19.1 Å². The highest BCUT2D eigenvalue weighted by molar-refractivity contribution is 6.33. The van der Waals surface area contributed by atoms with Crippen LogP contribution < -0.4 is 4.90 Å². The molecule has 1 aliphatic rings. The van der Waals surface area contributed by atoms with E-state index in [2.05, 4.69) is 0 Å². The van der Waals surface area contributed by atoms with Crippen LogP contribution in [0.25, 0.3) is 0 Å². The van der Waals surface area contributed by atoms with E-state index < -0.39 is 17.6 Å². The molecule has 16 heavy (non-hydrogen) atoms. The van der Waals surface area contributed by atoms with Gasteiger partial charge in [0.15, 0.2) is 0 Å². The number of imide groups is 1. The molecule has 2 rings (SSSR count). The van der Waals surface area contributed by atoms with E-state index in [4.69, 9.17) is 11.6 Å². The summed E-state index contributed by atoms with van der Waals surface area (Å²) < 4.78 is 13.1. The molecule has 0 radical (unpaired) electrons. The molecule has 0 unspecified atom stereocenters. The van der Waals surface area contributed by atoms with Gasteiger partial charge in [0.05, 0.1) is 5.69 Å². The summed E-state index contributed by atoms with van der Waals surface area (Å²) in [5, 5.41) is 0.139. The zero-order chi connectivity index (χ0) is 11.9. The lowest BCUT2D eigenvalue weighted by molar-refractivity contribution is -0.120. The molecule has 0 N–H and O–H groups in total. The maximum Gasteiger partial charge on any atom is 0.261 e. The van der Waals surface area contributed by atoms with Gasteiger partial charge in [0.2, 0.25) is 0 Å². The number of halogens is 2. The maximum atomic E-state index is 13.1. The lowest BCUT2D eigenvalue weighted by atomic mass is 10.2. The van der Waals surface area contributed by atoms with Crippen LogP contribution in [-0.4, -0.2) is 11.8 Å². The smallest absolute Gasteiger partial charge is 0.261 e. The highest BCUT2D eigenvalue weighted by Gasteiger charge is 2.30. The molecule has 0 aliphatic carbocycles. The van der Waals surface area contributed by atoms with Gasteiger partial charge in [-0.1, -0.05) is 11.6 Å². The van der Waals surface area contributed by atoms with Crippen LogP contribution in [-0.2, 0) is 9.59 Å². The average Bonchev–Trinajstić information content (AvgIpc) is 2.39. The Balaban J connectivity index is 2.46. The van der Waals surface area contributed by atoms with Crippen molar-refractivity contribution in [3.8, 4) is 0 Å². The van der Waals surface area contributed by atoms with Gasteiger partial charge in [0.1, 0.15) is 5.82 Å². The SMILES string of the molecule is CC1=CC(=O)N(c2cc(F)cc(Cl)c2)C1=O. The van der Waals surface area contributed by atoms with E-state index in [0.29, 0.717) is 5.57 Å². The summed E-state index contributed by atoms with van der Waals surface area (Å²) in [7, 11) is 0. The third-order valence-corrected chi connectivity index (χ3v) is 2.42. The fourth-order valence-electron chi connectivity index (χ4n) is 1.50. The predicted octanol–water partition coefficient (Wildman–Crippen LogP) is 2.30. The largest absolute Gasteiger partial charge is 0.269 e. The summed E-state index contributed by atoms with van der Waals surface area (Å²) in [4.78, 5) is 24.0. The van der Waals surface area contributed by atoms with Crippen molar-refractivity contribution in [3.05, 3.63) is 40.7 Å². The Morgan fingerprint density at radius 3 is 2.44 bits per heavy atom. The van der Waals surface area contributed by atoms with Crippen molar-refractivity contribution in [1.82, 2.24) is 0 Å². The van der Waals surface area contributed by atoms with Gasteiger partial charge in [-0.3, -0.25) is 9.59 Å². The van der Waals surface area contributed by atoms with Crippen molar-refractivity contribution in [2.45, 2.75) is 6.92 Å². The molecular weight excluding hydrogens is 233 g/mol. The second kappa shape index (κ2) is 3.72. The number of carbonyl (C=O) groups excluding carboxylic acids is 2. The van der Waals surface area contributed by atoms with Gasteiger partial charge in [0, 0.05) is 16.7 Å². The second-order valence-corrected chi connectivity index (χ2v) is 3.87. The Bertz CT molecular complexity index is 504. The molecule has 0 fully saturated rings. The van der Waals surface area contributed by atoms with Gasteiger partial charge in [-0.15, -0.1) is 0 Å². The molecule has 82 valence electrons. The molecule has 0 spiro atoms. The molecule has 0 bridgehead atoms. The van der Waals surface area contributed by atoms with E-state index in [1.807, 2.05) is 0 Å². The van der Waals surface area contributed by atoms with Crippen molar-refractivity contribution in [2.75, 3.05) is 4.90 Å². The van der Waals surface area contributed by atoms with Crippen LogP contribution in [0.4, 0.5) is 10.1 Å². The van der Waals surface area contributed by atoms with Crippen LogP contribution in [0, 0.1) is 5.82 Å². The Morgan fingerprint density at radius 2 is 1.94 bits per heavy atom. The zero-order valence-electron chi connectivity index (χ0n) is 8.33. The van der Waals surface area contributed by atoms with E-state index >= 15 is 0 Å². The summed E-state index contributed by atoms with van der Waals surface area (Å²) in [6, 6.07) is 3.57. The summed E-state index contributed by atoms with van der Waals surface area (Å²) in [5.41, 5.74) is 0.471. The van der Waals surface area contributed by atoms with Crippen molar-refractivity contribution in [2.24, 2.45) is 0 Å². The molecule has 2 amide bonds. The maximum absolute atomic E-state index is 13.1. The zero-order valence-corrected chi connectivity index (χ0v) is 9.08. The van der Waals surface area contributed by atoms with Crippen molar-refractivity contribution >= 4 is 29.1 Å². The van der Waals surface area contributed by atoms with Gasteiger partial charge >= 0.3 is 0 Å². The summed E-state index contributed by atoms with van der Waals surface area (Å²) in [6.07, 6.45) is 1.21. The van der Waals surface area contributed by atoms with E-state index in [-0.39, 0.29) is 10.7 Å². The van der Waals surface area contributed by atoms with Gasteiger partial charge in [-0.25, -0.2) is 9.29 Å². The molecular formula is C11H7ClFNO2. The summed E-state index contributed by atoms with van der Waals surface area (Å²) >= 11 is 5.65. The predicted molar refractivity (Wildman–Crippen MR) is 57.7 cm³/mol. The third-order valence-electron chi connectivity index (χ3n) is 2.21. The Kier molecular flexibility index (Phi) is 2.52. The van der Waals surface area contributed by atoms with Crippen LogP contribution in [0.2, 0.25) is 5.02 Å². The Labute approximate surface area is 96.1 Å². The van der Waals surface area contributed by atoms with E-state index in [1.54, 1.807) is 0 Å². The van der Waals surface area contributed by atoms with Crippen LogP contribution in [0.1, 0.15) is 6.92 Å². The molecule has 0 saturated carbocycles. The number of amides is 2. The molecule has 0 saturated heterocycles. The molecule has 1 aromatic rings. The van der Waals surface area contributed by atoms with Gasteiger partial charge in [-0.05, 0) is 25.1 Å². The monoisotopic (exact) mass is 239 g/mol. The van der Waals surface area contributed by atoms with Crippen LogP contribution >= 0.6 is 11.6 Å². The number of rotatable bonds is 1. The molecule has 1 aliphatic heterocycles. The molecule has 0 aromatic heterocycles. The normalized spacial score (nSPS) is 15.7. The van der Waals surface area contributed by atoms with E-state index in [9.17, 15) is 14.0 Å². The fourth-order valence-corrected chi connectivity index (χ4v) is 1.72. The highest BCUT2D eigenvalue weighted by atomic mass is 35.5. The van der Waals surface area contributed by atoms with Crippen LogP contribution in [0.15, 0.2) is 29.8 Å². The minimum Gasteiger partial charge on any atom is -0.269 e. The molecule has 1 aromatic carbocycles. The fraction of sp³-hybridized carbons (Fsp3) is 0.0909. The van der Waals surface area contributed by atoms with Crippen molar-refractivity contribution in [1.29, 1.82) is 0 Å². The van der Waals surface area contributed by atoms with Gasteiger partial charge in [0.25, 0.3) is 11.8 Å². The quantitative estimate of drug-likeness (QED) is 0.705. The number of nitrogens with zero attached hydrogens (tertiary/aromatic N) is 1. The van der Waals surface area contributed by atoms with Gasteiger partial charge < -0.3 is 0 Å². The van der Waals surface area contributed by atoms with Crippen LogP contribution in [0.5, 0.6) is 0 Å². The second-order valence-electron chi connectivity index (χ2n) is 3.43. The number of anilines is 1. The van der Waals surface area contributed by atoms with Crippen molar-refractivity contribution < 1.29 is 14.0 Å². The first kappa shape index (κ1) is 10.8. The minimum atomic E-state index is -0.590. The first-order chi connectivity index (χ1) is 7.49. The number of benzene rings is 1. The number of hydrogen-bond donors (Lipinski definition) is 0. The van der Waals surface area contributed by atoms with Gasteiger partial charge in [-0.2, -0.15) is 0 Å². The van der Waals surface area contributed by atoms with Crippen molar-refractivity contribution in [3.63, 3.8) is 0 Å². The first-order valence-corrected chi connectivity index (χ1v) is 4.89. The lowest BCUT2D eigenvalue weighted by Gasteiger charge is -2.14.